The molecule has 80 valence electrons. The van der Waals surface area contributed by atoms with E-state index in [1.807, 2.05) is 30.3 Å². The Hall–Kier alpha value is -1.49. The van der Waals surface area contributed by atoms with Crippen molar-refractivity contribution in [3.05, 3.63) is 30.3 Å². The molecule has 0 aliphatic carbocycles. The summed E-state index contributed by atoms with van der Waals surface area (Å²) >= 11 is 0. The van der Waals surface area contributed by atoms with E-state index in [2.05, 4.69) is 6.07 Å². The highest BCUT2D eigenvalue weighted by molar-refractivity contribution is 5.20. The van der Waals surface area contributed by atoms with Gasteiger partial charge in [-0.15, -0.1) is 0 Å². The van der Waals surface area contributed by atoms with E-state index >= 15 is 0 Å². The molecule has 0 heterocycles. The van der Waals surface area contributed by atoms with Crippen LogP contribution in [0.3, 0.4) is 0 Å². The molecule has 0 N–H and O–H groups in total. The van der Waals surface area contributed by atoms with E-state index < -0.39 is 0 Å². The molecule has 0 spiro atoms. The molecule has 2 nitrogen and oxygen atoms in total. The van der Waals surface area contributed by atoms with E-state index in [1.165, 1.54) is 0 Å². The van der Waals surface area contributed by atoms with Gasteiger partial charge in [-0.05, 0) is 25.0 Å². The smallest absolute Gasteiger partial charge is 0.119 e. The zero-order valence-electron chi connectivity index (χ0n) is 8.98. The number of para-hydroxylation sites is 1. The van der Waals surface area contributed by atoms with Gasteiger partial charge in [-0.1, -0.05) is 31.0 Å². The molecule has 0 aliphatic rings. The van der Waals surface area contributed by atoms with E-state index in [0.29, 0.717) is 6.42 Å². The number of hydrogen-bond donors (Lipinski definition) is 0. The van der Waals surface area contributed by atoms with E-state index in [1.54, 1.807) is 0 Å². The normalized spacial score (nSPS) is 9.53. The molecule has 0 fully saturated rings. The highest BCUT2D eigenvalue weighted by atomic mass is 16.5. The number of hydrogen-bond acceptors (Lipinski definition) is 2. The lowest BCUT2D eigenvalue weighted by Gasteiger charge is -2.04. The third-order valence-electron chi connectivity index (χ3n) is 2.19. The Balaban J connectivity index is 1.96. The Labute approximate surface area is 91.5 Å². The van der Waals surface area contributed by atoms with Crippen LogP contribution in [0.1, 0.15) is 32.1 Å². The summed E-state index contributed by atoms with van der Waals surface area (Å²) in [5.41, 5.74) is 0. The van der Waals surface area contributed by atoms with Crippen LogP contribution in [0, 0.1) is 11.3 Å². The van der Waals surface area contributed by atoms with E-state index in [-0.39, 0.29) is 0 Å². The van der Waals surface area contributed by atoms with Crippen molar-refractivity contribution in [2.24, 2.45) is 0 Å². The highest BCUT2D eigenvalue weighted by Crippen LogP contribution is 2.09. The summed E-state index contributed by atoms with van der Waals surface area (Å²) in [4.78, 5) is 0. The van der Waals surface area contributed by atoms with Crippen LogP contribution in [0.2, 0.25) is 0 Å². The number of unbranched alkanes of at least 4 members (excludes halogenated alkanes) is 4. The SMILES string of the molecule is N#CCCCCCCOc1ccccc1. The van der Waals surface area contributed by atoms with Gasteiger partial charge < -0.3 is 4.74 Å². The van der Waals surface area contributed by atoms with Gasteiger partial charge >= 0.3 is 0 Å². The molecular weight excluding hydrogens is 186 g/mol. The van der Waals surface area contributed by atoms with Gasteiger partial charge in [0.15, 0.2) is 0 Å². The van der Waals surface area contributed by atoms with E-state index in [4.69, 9.17) is 10.00 Å². The summed E-state index contributed by atoms with van der Waals surface area (Å²) in [5, 5.41) is 8.34. The monoisotopic (exact) mass is 203 g/mol. The number of rotatable bonds is 7. The molecule has 0 radical (unpaired) electrons. The van der Waals surface area contributed by atoms with Crippen LogP contribution in [0.15, 0.2) is 30.3 Å². The Kier molecular flexibility index (Phi) is 6.08. The first-order valence-electron chi connectivity index (χ1n) is 5.48. The van der Waals surface area contributed by atoms with Gasteiger partial charge in [0.1, 0.15) is 5.75 Å². The Bertz CT molecular complexity index is 289. The number of ether oxygens (including phenoxy) is 1. The third kappa shape index (κ3) is 5.74. The molecule has 0 amide bonds. The summed E-state index contributed by atoms with van der Waals surface area (Å²) in [5.74, 6) is 0.939. The first-order valence-corrected chi connectivity index (χ1v) is 5.48. The molecule has 0 saturated carbocycles. The minimum atomic E-state index is 0.680. The molecular formula is C13H17NO. The first-order chi connectivity index (χ1) is 7.43. The summed E-state index contributed by atoms with van der Waals surface area (Å²) in [6.45, 7) is 0.774. The second kappa shape index (κ2) is 7.87. The zero-order chi connectivity index (χ0) is 10.8. The maximum absolute atomic E-state index is 8.34. The second-order valence-electron chi connectivity index (χ2n) is 3.48. The maximum atomic E-state index is 8.34. The van der Waals surface area contributed by atoms with Crippen molar-refractivity contribution in [3.8, 4) is 11.8 Å². The van der Waals surface area contributed by atoms with E-state index in [9.17, 15) is 0 Å². The van der Waals surface area contributed by atoms with Crippen molar-refractivity contribution < 1.29 is 4.74 Å². The molecule has 2 heteroatoms. The van der Waals surface area contributed by atoms with Gasteiger partial charge in [0, 0.05) is 6.42 Å². The zero-order valence-corrected chi connectivity index (χ0v) is 8.98. The molecule has 0 unspecified atom stereocenters. The van der Waals surface area contributed by atoms with Crippen molar-refractivity contribution >= 4 is 0 Å². The van der Waals surface area contributed by atoms with Crippen LogP contribution in [0.5, 0.6) is 5.75 Å². The summed E-state index contributed by atoms with van der Waals surface area (Å²) < 4.78 is 5.55. The molecule has 0 aromatic heterocycles. The van der Waals surface area contributed by atoms with Gasteiger partial charge in [0.05, 0.1) is 12.7 Å². The average Bonchev–Trinajstić information content (AvgIpc) is 2.29. The van der Waals surface area contributed by atoms with Crippen LogP contribution >= 0.6 is 0 Å². The number of nitriles is 1. The van der Waals surface area contributed by atoms with Crippen molar-refractivity contribution in [3.63, 3.8) is 0 Å². The van der Waals surface area contributed by atoms with Crippen LogP contribution in [0.25, 0.3) is 0 Å². The summed E-state index contributed by atoms with van der Waals surface area (Å²) in [7, 11) is 0. The molecule has 0 atom stereocenters. The average molecular weight is 203 g/mol. The fourth-order valence-electron chi connectivity index (χ4n) is 1.37. The lowest BCUT2D eigenvalue weighted by atomic mass is 10.2. The van der Waals surface area contributed by atoms with Gasteiger partial charge in [0.2, 0.25) is 0 Å². The van der Waals surface area contributed by atoms with Crippen molar-refractivity contribution in [1.82, 2.24) is 0 Å². The predicted molar refractivity (Wildman–Crippen MR) is 60.6 cm³/mol. The quantitative estimate of drug-likeness (QED) is 0.635. The first kappa shape index (κ1) is 11.6. The molecule has 1 rings (SSSR count). The standard InChI is InChI=1S/C13H17NO/c14-11-7-2-1-3-8-12-15-13-9-5-4-6-10-13/h4-6,9-10H,1-3,7-8,12H2. The van der Waals surface area contributed by atoms with Gasteiger partial charge in [-0.25, -0.2) is 0 Å². The van der Waals surface area contributed by atoms with Crippen LogP contribution in [-0.2, 0) is 0 Å². The molecule has 15 heavy (non-hydrogen) atoms. The van der Waals surface area contributed by atoms with E-state index in [0.717, 1.165) is 38.0 Å². The fraction of sp³-hybridized carbons (Fsp3) is 0.462. The Morgan fingerprint density at radius 1 is 1.00 bits per heavy atom. The summed E-state index contributed by atoms with van der Waals surface area (Å²) in [6, 6.07) is 12.0. The van der Waals surface area contributed by atoms with Crippen molar-refractivity contribution in [1.29, 1.82) is 5.26 Å². The lowest BCUT2D eigenvalue weighted by Crippen LogP contribution is -1.96. The summed E-state index contributed by atoms with van der Waals surface area (Å²) in [6.07, 6.45) is 5.04. The molecule has 1 aromatic carbocycles. The topological polar surface area (TPSA) is 33.0 Å². The largest absolute Gasteiger partial charge is 0.494 e. The third-order valence-corrected chi connectivity index (χ3v) is 2.19. The van der Waals surface area contributed by atoms with Crippen LogP contribution < -0.4 is 4.74 Å². The van der Waals surface area contributed by atoms with Gasteiger partial charge in [-0.2, -0.15) is 5.26 Å². The Morgan fingerprint density at radius 2 is 1.73 bits per heavy atom. The Morgan fingerprint density at radius 3 is 2.47 bits per heavy atom. The second-order valence-corrected chi connectivity index (χ2v) is 3.48. The van der Waals surface area contributed by atoms with Crippen molar-refractivity contribution in [2.75, 3.05) is 6.61 Å². The lowest BCUT2D eigenvalue weighted by molar-refractivity contribution is 0.305. The van der Waals surface area contributed by atoms with Crippen molar-refractivity contribution in [2.45, 2.75) is 32.1 Å². The number of benzene rings is 1. The number of nitrogens with zero attached hydrogens (tertiary/aromatic N) is 1. The van der Waals surface area contributed by atoms with Crippen LogP contribution in [-0.4, -0.2) is 6.61 Å². The molecule has 0 bridgehead atoms. The van der Waals surface area contributed by atoms with Gasteiger partial charge in [0.25, 0.3) is 0 Å². The fourth-order valence-corrected chi connectivity index (χ4v) is 1.37. The molecule has 0 saturated heterocycles. The minimum absolute atomic E-state index is 0.680. The van der Waals surface area contributed by atoms with Crippen LogP contribution in [0.4, 0.5) is 0 Å². The minimum Gasteiger partial charge on any atom is -0.494 e. The maximum Gasteiger partial charge on any atom is 0.119 e. The molecule has 0 aliphatic heterocycles. The predicted octanol–water partition coefficient (Wildman–Crippen LogP) is 3.54. The van der Waals surface area contributed by atoms with Gasteiger partial charge in [-0.3, -0.25) is 0 Å². The highest BCUT2D eigenvalue weighted by Gasteiger charge is 1.92. The molecule has 1 aromatic rings.